The van der Waals surface area contributed by atoms with Gasteiger partial charge in [0, 0.05) is 43.7 Å². The van der Waals surface area contributed by atoms with Crippen LogP contribution in [0.4, 0.5) is 4.39 Å². The number of carbonyl (C=O) groups excluding carboxylic acids is 2. The van der Waals surface area contributed by atoms with Gasteiger partial charge in [0.05, 0.1) is 31.2 Å². The summed E-state index contributed by atoms with van der Waals surface area (Å²) >= 11 is 0. The first kappa shape index (κ1) is 27.7. The van der Waals surface area contributed by atoms with Crippen molar-refractivity contribution in [2.24, 2.45) is 5.92 Å². The number of benzene rings is 1. The Morgan fingerprint density at radius 3 is 2.72 bits per heavy atom. The Morgan fingerprint density at radius 2 is 2.00 bits per heavy atom. The molecule has 3 atom stereocenters. The Balaban J connectivity index is 1.62. The van der Waals surface area contributed by atoms with Crippen LogP contribution in [0, 0.1) is 23.6 Å². The molecule has 4 rings (SSSR count). The van der Waals surface area contributed by atoms with Crippen LogP contribution in [0.1, 0.15) is 40.9 Å². The molecule has 0 bridgehead atoms. The van der Waals surface area contributed by atoms with E-state index in [1.807, 2.05) is 6.92 Å². The van der Waals surface area contributed by atoms with Gasteiger partial charge in [0.1, 0.15) is 17.5 Å². The molecule has 3 aromatic rings. The molecule has 0 radical (unpaired) electrons. The van der Waals surface area contributed by atoms with Crippen molar-refractivity contribution >= 4 is 11.8 Å². The largest absolute Gasteiger partial charge is 0.472 e. The van der Waals surface area contributed by atoms with E-state index in [1.165, 1.54) is 12.3 Å². The van der Waals surface area contributed by atoms with Crippen LogP contribution in [-0.2, 0) is 11.2 Å². The lowest BCUT2D eigenvalue weighted by atomic mass is 9.99. The molecular weight excluding hydrogens is 499 g/mol. The van der Waals surface area contributed by atoms with Gasteiger partial charge < -0.3 is 19.6 Å². The molecule has 39 heavy (non-hydrogen) atoms. The lowest BCUT2D eigenvalue weighted by Gasteiger charge is -2.37. The van der Waals surface area contributed by atoms with Crippen molar-refractivity contribution < 1.29 is 23.8 Å². The minimum atomic E-state index is -0.473. The van der Waals surface area contributed by atoms with Gasteiger partial charge in [-0.3, -0.25) is 14.6 Å². The smallest absolute Gasteiger partial charge is 0.259 e. The Kier molecular flexibility index (Phi) is 8.89. The standard InChI is InChI=1S/C30H31FN4O4/c1-20-17-35(21(2)19-36)30(38)25-14-23(8-9-24-6-4-5-7-26(24)31)16-33-29(25)39-27(20)18-34(3)28(37)15-22-10-12-32-13-11-22/h4-7,10-14,16,20-21,27,36H,15,17-19H2,1-3H3/t20-,21+,27-/m0/s1. The molecule has 1 N–H and O–H groups in total. The van der Waals surface area contributed by atoms with Gasteiger partial charge in [-0.25, -0.2) is 9.37 Å². The quantitative estimate of drug-likeness (QED) is 0.493. The van der Waals surface area contributed by atoms with Crippen LogP contribution in [0.25, 0.3) is 0 Å². The summed E-state index contributed by atoms with van der Waals surface area (Å²) in [6.45, 7) is 4.07. The highest BCUT2D eigenvalue weighted by Crippen LogP contribution is 2.27. The molecule has 0 saturated heterocycles. The zero-order chi connectivity index (χ0) is 27.9. The zero-order valence-electron chi connectivity index (χ0n) is 22.2. The lowest BCUT2D eigenvalue weighted by molar-refractivity contribution is -0.130. The van der Waals surface area contributed by atoms with E-state index in [4.69, 9.17) is 4.74 Å². The maximum Gasteiger partial charge on any atom is 0.259 e. The molecule has 0 aliphatic carbocycles. The van der Waals surface area contributed by atoms with Crippen molar-refractivity contribution in [1.82, 2.24) is 19.8 Å². The first-order valence-corrected chi connectivity index (χ1v) is 12.7. The van der Waals surface area contributed by atoms with Crippen LogP contribution >= 0.6 is 0 Å². The number of ether oxygens (including phenoxy) is 1. The second-order valence-corrected chi connectivity index (χ2v) is 9.74. The van der Waals surface area contributed by atoms with Crippen molar-refractivity contribution in [3.63, 3.8) is 0 Å². The van der Waals surface area contributed by atoms with Gasteiger partial charge in [0.2, 0.25) is 11.8 Å². The molecule has 8 nitrogen and oxygen atoms in total. The number of carbonyl (C=O) groups is 2. The number of aliphatic hydroxyl groups excluding tert-OH is 1. The topological polar surface area (TPSA) is 95.9 Å². The van der Waals surface area contributed by atoms with E-state index >= 15 is 0 Å². The number of rotatable bonds is 6. The van der Waals surface area contributed by atoms with E-state index in [-0.39, 0.29) is 54.3 Å². The predicted molar refractivity (Wildman–Crippen MR) is 143 cm³/mol. The molecule has 1 aliphatic heterocycles. The number of likely N-dealkylation sites (N-methyl/N-ethyl adjacent to an activating group) is 1. The maximum absolute atomic E-state index is 14.0. The van der Waals surface area contributed by atoms with Crippen molar-refractivity contribution in [1.29, 1.82) is 0 Å². The average molecular weight is 531 g/mol. The molecule has 3 heterocycles. The van der Waals surface area contributed by atoms with Crippen molar-refractivity contribution in [2.45, 2.75) is 32.4 Å². The number of amides is 2. The Hall–Kier alpha value is -4.29. The van der Waals surface area contributed by atoms with E-state index in [2.05, 4.69) is 21.8 Å². The average Bonchev–Trinajstić information content (AvgIpc) is 2.94. The summed E-state index contributed by atoms with van der Waals surface area (Å²) in [7, 11) is 1.72. The van der Waals surface area contributed by atoms with Crippen LogP contribution in [0.2, 0.25) is 0 Å². The molecule has 0 spiro atoms. The molecule has 1 aromatic carbocycles. The number of nitrogens with zero attached hydrogens (tertiary/aromatic N) is 4. The second kappa shape index (κ2) is 12.5. The fourth-order valence-corrected chi connectivity index (χ4v) is 4.27. The zero-order valence-corrected chi connectivity index (χ0v) is 22.2. The fourth-order valence-electron chi connectivity index (χ4n) is 4.27. The number of aliphatic hydroxyl groups is 1. The molecule has 1 aliphatic rings. The Labute approximate surface area is 227 Å². The van der Waals surface area contributed by atoms with Gasteiger partial charge in [-0.2, -0.15) is 0 Å². The van der Waals surface area contributed by atoms with Gasteiger partial charge in [0.25, 0.3) is 5.91 Å². The highest BCUT2D eigenvalue weighted by atomic mass is 19.1. The van der Waals surface area contributed by atoms with E-state index < -0.39 is 18.0 Å². The summed E-state index contributed by atoms with van der Waals surface area (Å²) in [5.74, 6) is 4.74. The number of hydrogen-bond donors (Lipinski definition) is 1. The minimum absolute atomic E-state index is 0.0809. The van der Waals surface area contributed by atoms with E-state index in [0.717, 1.165) is 5.56 Å². The number of pyridine rings is 2. The number of aromatic nitrogens is 2. The Bertz CT molecular complexity index is 1390. The highest BCUT2D eigenvalue weighted by molar-refractivity contribution is 5.97. The molecule has 202 valence electrons. The summed E-state index contributed by atoms with van der Waals surface area (Å²) in [6, 6.07) is 10.9. The van der Waals surface area contributed by atoms with E-state index in [0.29, 0.717) is 12.1 Å². The third-order valence-corrected chi connectivity index (χ3v) is 6.72. The third kappa shape index (κ3) is 6.78. The molecule has 2 aromatic heterocycles. The third-order valence-electron chi connectivity index (χ3n) is 6.72. The second-order valence-electron chi connectivity index (χ2n) is 9.74. The minimum Gasteiger partial charge on any atom is -0.472 e. The first-order valence-electron chi connectivity index (χ1n) is 12.7. The molecular formula is C30H31FN4O4. The monoisotopic (exact) mass is 530 g/mol. The highest BCUT2D eigenvalue weighted by Gasteiger charge is 2.34. The van der Waals surface area contributed by atoms with E-state index in [9.17, 15) is 19.1 Å². The molecule has 0 fully saturated rings. The van der Waals surface area contributed by atoms with Crippen molar-refractivity contribution in [3.8, 4) is 17.7 Å². The summed E-state index contributed by atoms with van der Waals surface area (Å²) in [6.07, 6.45) is 4.52. The summed E-state index contributed by atoms with van der Waals surface area (Å²) in [5, 5.41) is 9.86. The van der Waals surface area contributed by atoms with Crippen LogP contribution in [0.3, 0.4) is 0 Å². The lowest BCUT2D eigenvalue weighted by Crippen LogP contribution is -2.50. The van der Waals surface area contributed by atoms with Crippen molar-refractivity contribution in [2.75, 3.05) is 26.7 Å². The first-order chi connectivity index (χ1) is 18.8. The summed E-state index contributed by atoms with van der Waals surface area (Å²) < 4.78 is 20.3. The molecule has 2 amide bonds. The SMILES string of the molecule is C[C@H](CO)N1C[C@H](C)[C@H](CN(C)C(=O)Cc2ccncc2)Oc2ncc(C#Cc3ccccc3F)cc2C1=O. The fraction of sp³-hybridized carbons (Fsp3) is 0.333. The van der Waals surface area contributed by atoms with Gasteiger partial charge in [0.15, 0.2) is 0 Å². The van der Waals surface area contributed by atoms with E-state index in [1.54, 1.807) is 72.6 Å². The normalized spacial score (nSPS) is 17.6. The summed E-state index contributed by atoms with van der Waals surface area (Å²) in [5.41, 5.74) is 1.70. The molecule has 0 saturated carbocycles. The van der Waals surface area contributed by atoms with Crippen LogP contribution in [-0.4, -0.2) is 75.6 Å². The number of fused-ring (bicyclic) bond motifs is 1. The number of halogens is 1. The van der Waals surface area contributed by atoms with Crippen LogP contribution < -0.4 is 4.74 Å². The van der Waals surface area contributed by atoms with Gasteiger partial charge in [-0.15, -0.1) is 0 Å². The molecule has 0 unspecified atom stereocenters. The number of hydrogen-bond acceptors (Lipinski definition) is 6. The van der Waals surface area contributed by atoms with Crippen molar-refractivity contribution in [3.05, 3.63) is 89.1 Å². The Morgan fingerprint density at radius 1 is 1.26 bits per heavy atom. The van der Waals surface area contributed by atoms with Gasteiger partial charge in [-0.1, -0.05) is 30.9 Å². The van der Waals surface area contributed by atoms with Crippen LogP contribution in [0.5, 0.6) is 5.88 Å². The maximum atomic E-state index is 14.0. The molecule has 9 heteroatoms. The van der Waals surface area contributed by atoms with Gasteiger partial charge in [-0.05, 0) is 42.8 Å². The van der Waals surface area contributed by atoms with Crippen LogP contribution in [0.15, 0.2) is 61.1 Å². The van der Waals surface area contributed by atoms with Gasteiger partial charge >= 0.3 is 0 Å². The summed E-state index contributed by atoms with van der Waals surface area (Å²) in [4.78, 5) is 38.1. The predicted octanol–water partition coefficient (Wildman–Crippen LogP) is 2.94.